The summed E-state index contributed by atoms with van der Waals surface area (Å²) >= 11 is 1.89. The van der Waals surface area contributed by atoms with Gasteiger partial charge in [0.1, 0.15) is 5.01 Å². The summed E-state index contributed by atoms with van der Waals surface area (Å²) in [4.78, 5) is 8.75. The molecule has 1 aliphatic rings. The lowest BCUT2D eigenvalue weighted by molar-refractivity contribution is 0.176. The zero-order valence-electron chi connectivity index (χ0n) is 13.4. The summed E-state index contributed by atoms with van der Waals surface area (Å²) in [7, 11) is 0. The monoisotopic (exact) mass is 295 g/mol. The molecule has 0 aromatic carbocycles. The van der Waals surface area contributed by atoms with Gasteiger partial charge in [0.05, 0.1) is 12.2 Å². The van der Waals surface area contributed by atoms with Crippen LogP contribution in [-0.4, -0.2) is 29.0 Å². The Kier molecular flexibility index (Phi) is 6.00. The van der Waals surface area contributed by atoms with Gasteiger partial charge in [-0.2, -0.15) is 0 Å². The second-order valence-electron chi connectivity index (χ2n) is 6.29. The largest absolute Gasteiger partial charge is 0.309 e. The standard InChI is InChI=1S/C16H29N3S/c1-5-13(3)17-9-15-14(4)18-16(20-15)11-19-8-6-7-12(2)10-19/h12-13,17H,5-11H2,1-4H3. The van der Waals surface area contributed by atoms with Crippen LogP contribution in [0.2, 0.25) is 0 Å². The van der Waals surface area contributed by atoms with E-state index in [9.17, 15) is 0 Å². The molecule has 0 bridgehead atoms. The predicted molar refractivity (Wildman–Crippen MR) is 87.1 cm³/mol. The van der Waals surface area contributed by atoms with E-state index in [0.717, 1.165) is 19.0 Å². The number of thiazole rings is 1. The predicted octanol–water partition coefficient (Wildman–Crippen LogP) is 3.57. The number of likely N-dealkylation sites (tertiary alicyclic amines) is 1. The third kappa shape index (κ3) is 4.54. The van der Waals surface area contributed by atoms with E-state index < -0.39 is 0 Å². The van der Waals surface area contributed by atoms with E-state index in [2.05, 4.69) is 37.9 Å². The first kappa shape index (κ1) is 15.9. The number of nitrogens with zero attached hydrogens (tertiary/aromatic N) is 2. The maximum Gasteiger partial charge on any atom is 0.107 e. The van der Waals surface area contributed by atoms with Crippen LogP contribution < -0.4 is 5.32 Å². The Morgan fingerprint density at radius 2 is 2.30 bits per heavy atom. The van der Waals surface area contributed by atoms with Gasteiger partial charge in [0.25, 0.3) is 0 Å². The van der Waals surface area contributed by atoms with Crippen molar-refractivity contribution in [2.75, 3.05) is 13.1 Å². The molecule has 1 saturated heterocycles. The molecular weight excluding hydrogens is 266 g/mol. The third-order valence-corrected chi connectivity index (χ3v) is 5.40. The number of rotatable bonds is 6. The van der Waals surface area contributed by atoms with E-state index in [1.165, 1.54) is 47.9 Å². The van der Waals surface area contributed by atoms with Crippen molar-refractivity contribution >= 4 is 11.3 Å². The first-order valence-corrected chi connectivity index (χ1v) is 8.81. The zero-order chi connectivity index (χ0) is 14.5. The Hall–Kier alpha value is -0.450. The second-order valence-corrected chi connectivity index (χ2v) is 7.46. The number of hydrogen-bond donors (Lipinski definition) is 1. The van der Waals surface area contributed by atoms with Crippen molar-refractivity contribution in [3.8, 4) is 0 Å². The Morgan fingerprint density at radius 3 is 3.00 bits per heavy atom. The minimum absolute atomic E-state index is 0.586. The lowest BCUT2D eigenvalue weighted by Gasteiger charge is -2.29. The first-order valence-electron chi connectivity index (χ1n) is 7.99. The van der Waals surface area contributed by atoms with Gasteiger partial charge >= 0.3 is 0 Å². The van der Waals surface area contributed by atoms with Gasteiger partial charge in [-0.3, -0.25) is 4.90 Å². The lowest BCUT2D eigenvalue weighted by Crippen LogP contribution is -2.33. The number of hydrogen-bond acceptors (Lipinski definition) is 4. The smallest absolute Gasteiger partial charge is 0.107 e. The molecule has 2 atom stereocenters. The minimum Gasteiger partial charge on any atom is -0.309 e. The highest BCUT2D eigenvalue weighted by Gasteiger charge is 2.18. The molecule has 4 heteroatoms. The first-order chi connectivity index (χ1) is 9.58. The zero-order valence-corrected chi connectivity index (χ0v) is 14.2. The molecule has 1 fully saturated rings. The summed E-state index contributed by atoms with van der Waals surface area (Å²) in [6.07, 6.45) is 3.90. The van der Waals surface area contributed by atoms with Gasteiger partial charge in [-0.15, -0.1) is 11.3 Å². The molecule has 1 aromatic heterocycles. The molecule has 1 N–H and O–H groups in total. The Bertz CT molecular complexity index is 416. The summed E-state index contributed by atoms with van der Waals surface area (Å²) in [5, 5.41) is 4.86. The summed E-state index contributed by atoms with van der Waals surface area (Å²) in [6.45, 7) is 13.5. The lowest BCUT2D eigenvalue weighted by atomic mass is 10.0. The highest BCUT2D eigenvalue weighted by Crippen LogP contribution is 2.22. The molecule has 0 spiro atoms. The van der Waals surface area contributed by atoms with Crippen LogP contribution in [-0.2, 0) is 13.1 Å². The summed E-state index contributed by atoms with van der Waals surface area (Å²) in [6, 6.07) is 0.586. The highest BCUT2D eigenvalue weighted by atomic mass is 32.1. The maximum atomic E-state index is 4.77. The van der Waals surface area contributed by atoms with E-state index >= 15 is 0 Å². The molecule has 3 nitrogen and oxygen atoms in total. The fourth-order valence-electron chi connectivity index (χ4n) is 2.75. The van der Waals surface area contributed by atoms with Gasteiger partial charge in [-0.1, -0.05) is 13.8 Å². The van der Waals surface area contributed by atoms with E-state index in [4.69, 9.17) is 4.98 Å². The van der Waals surface area contributed by atoms with Gasteiger partial charge < -0.3 is 5.32 Å². The van der Waals surface area contributed by atoms with Crippen LogP contribution in [0.1, 0.15) is 55.6 Å². The van der Waals surface area contributed by atoms with Crippen LogP contribution in [0.15, 0.2) is 0 Å². The quantitative estimate of drug-likeness (QED) is 0.869. The molecule has 114 valence electrons. The molecule has 1 aliphatic heterocycles. The Morgan fingerprint density at radius 1 is 1.50 bits per heavy atom. The van der Waals surface area contributed by atoms with Crippen molar-refractivity contribution < 1.29 is 0 Å². The molecule has 2 rings (SSSR count). The van der Waals surface area contributed by atoms with Gasteiger partial charge in [0, 0.05) is 24.0 Å². The van der Waals surface area contributed by atoms with Crippen LogP contribution >= 0.6 is 11.3 Å². The van der Waals surface area contributed by atoms with Crippen molar-refractivity contribution in [2.45, 2.75) is 66.1 Å². The van der Waals surface area contributed by atoms with Gasteiger partial charge in [0.15, 0.2) is 0 Å². The average Bonchev–Trinajstić information content (AvgIpc) is 2.76. The van der Waals surface area contributed by atoms with Crippen LogP contribution in [0.5, 0.6) is 0 Å². The number of nitrogens with one attached hydrogen (secondary N) is 1. The van der Waals surface area contributed by atoms with Crippen molar-refractivity contribution in [1.82, 2.24) is 15.2 Å². The van der Waals surface area contributed by atoms with Gasteiger partial charge in [-0.25, -0.2) is 4.98 Å². The van der Waals surface area contributed by atoms with E-state index in [1.54, 1.807) is 0 Å². The van der Waals surface area contributed by atoms with E-state index in [0.29, 0.717) is 6.04 Å². The van der Waals surface area contributed by atoms with Gasteiger partial charge in [0.2, 0.25) is 0 Å². The molecule has 0 amide bonds. The number of piperidine rings is 1. The molecular formula is C16H29N3S. The van der Waals surface area contributed by atoms with Crippen molar-refractivity contribution in [3.63, 3.8) is 0 Å². The van der Waals surface area contributed by atoms with Crippen molar-refractivity contribution in [3.05, 3.63) is 15.6 Å². The van der Waals surface area contributed by atoms with Crippen LogP contribution in [0.3, 0.4) is 0 Å². The molecule has 0 saturated carbocycles. The van der Waals surface area contributed by atoms with Crippen LogP contribution in [0.4, 0.5) is 0 Å². The minimum atomic E-state index is 0.586. The Balaban J connectivity index is 1.89. The normalized spacial score (nSPS) is 22.1. The molecule has 20 heavy (non-hydrogen) atoms. The van der Waals surface area contributed by atoms with Crippen LogP contribution in [0.25, 0.3) is 0 Å². The number of aryl methyl sites for hydroxylation is 1. The van der Waals surface area contributed by atoms with Crippen molar-refractivity contribution in [1.29, 1.82) is 0 Å². The SMILES string of the molecule is CCC(C)NCc1sc(CN2CCCC(C)C2)nc1C. The van der Waals surface area contributed by atoms with Gasteiger partial charge in [-0.05, 0) is 45.6 Å². The summed E-state index contributed by atoms with van der Waals surface area (Å²) < 4.78 is 0. The Labute approximate surface area is 127 Å². The molecule has 2 unspecified atom stereocenters. The second kappa shape index (κ2) is 7.53. The summed E-state index contributed by atoms with van der Waals surface area (Å²) in [5.41, 5.74) is 1.21. The maximum absolute atomic E-state index is 4.77. The van der Waals surface area contributed by atoms with E-state index in [-0.39, 0.29) is 0 Å². The topological polar surface area (TPSA) is 28.2 Å². The number of aromatic nitrogens is 1. The highest BCUT2D eigenvalue weighted by molar-refractivity contribution is 7.11. The fourth-order valence-corrected chi connectivity index (χ4v) is 3.82. The third-order valence-electron chi connectivity index (χ3n) is 4.26. The fraction of sp³-hybridized carbons (Fsp3) is 0.812. The van der Waals surface area contributed by atoms with E-state index in [1.807, 2.05) is 11.3 Å². The molecule has 0 aliphatic carbocycles. The van der Waals surface area contributed by atoms with Crippen molar-refractivity contribution in [2.24, 2.45) is 5.92 Å². The molecule has 0 radical (unpaired) electrons. The van der Waals surface area contributed by atoms with Crippen LogP contribution in [0, 0.1) is 12.8 Å². The molecule has 2 heterocycles. The summed E-state index contributed by atoms with van der Waals surface area (Å²) in [5.74, 6) is 0.844. The average molecular weight is 295 g/mol. The molecule has 1 aromatic rings.